The average molecular weight is 388 g/mol. The van der Waals surface area contributed by atoms with Crippen molar-refractivity contribution in [3.05, 3.63) is 51.9 Å². The summed E-state index contributed by atoms with van der Waals surface area (Å²) in [5.74, 6) is -0.379. The third-order valence-electron chi connectivity index (χ3n) is 5.01. The number of amides is 1. The van der Waals surface area contributed by atoms with Crippen molar-refractivity contribution < 1.29 is 19.4 Å². The molecule has 1 aliphatic carbocycles. The predicted octanol–water partition coefficient (Wildman–Crippen LogP) is 3.33. The van der Waals surface area contributed by atoms with Gasteiger partial charge in [0.2, 0.25) is 5.88 Å². The first kappa shape index (κ1) is 17.7. The van der Waals surface area contributed by atoms with E-state index in [1.807, 2.05) is 6.92 Å². The van der Waals surface area contributed by atoms with Crippen LogP contribution in [0.25, 0.3) is 0 Å². The summed E-state index contributed by atoms with van der Waals surface area (Å²) in [4.78, 5) is 33.9. The average Bonchev–Trinajstić information content (AvgIpc) is 3.42. The van der Waals surface area contributed by atoms with E-state index in [1.54, 1.807) is 23.2 Å². The van der Waals surface area contributed by atoms with Crippen LogP contribution in [0.4, 0.5) is 0 Å². The number of halogens is 1. The highest BCUT2D eigenvalue weighted by molar-refractivity contribution is 6.31. The molecule has 1 fully saturated rings. The molecule has 2 aliphatic rings. The molecule has 2 aromatic heterocycles. The summed E-state index contributed by atoms with van der Waals surface area (Å²) in [5.41, 5.74) is 1.48. The topological polar surface area (TPSA) is 92.6 Å². The summed E-state index contributed by atoms with van der Waals surface area (Å²) < 4.78 is 5.64. The number of rotatable bonds is 6. The quantitative estimate of drug-likeness (QED) is 0.817. The minimum Gasteiger partial charge on any atom is -0.477 e. The zero-order chi connectivity index (χ0) is 19.1. The van der Waals surface area contributed by atoms with Gasteiger partial charge in [0.1, 0.15) is 5.02 Å². The van der Waals surface area contributed by atoms with E-state index in [1.165, 1.54) is 19.0 Å². The van der Waals surface area contributed by atoms with Crippen LogP contribution in [0.1, 0.15) is 57.8 Å². The molecule has 1 aliphatic heterocycles. The van der Waals surface area contributed by atoms with E-state index < -0.39 is 5.97 Å². The summed E-state index contributed by atoms with van der Waals surface area (Å²) in [6.07, 6.45) is 5.35. The van der Waals surface area contributed by atoms with E-state index in [-0.39, 0.29) is 24.2 Å². The van der Waals surface area contributed by atoms with Gasteiger partial charge in [-0.1, -0.05) is 11.6 Å². The Kier molecular flexibility index (Phi) is 4.47. The normalized spacial score (nSPS) is 17.0. The zero-order valence-electron chi connectivity index (χ0n) is 14.7. The third kappa shape index (κ3) is 3.35. The Bertz CT molecular complexity index is 929. The smallest absolute Gasteiger partial charge is 0.354 e. The predicted molar refractivity (Wildman–Crippen MR) is 97.0 cm³/mol. The van der Waals surface area contributed by atoms with Crippen molar-refractivity contribution in [3.63, 3.8) is 0 Å². The van der Waals surface area contributed by atoms with Crippen LogP contribution in [-0.4, -0.2) is 38.5 Å². The number of hydrogen-bond acceptors (Lipinski definition) is 5. The molecule has 140 valence electrons. The number of ether oxygens (including phenoxy) is 1. The van der Waals surface area contributed by atoms with Gasteiger partial charge in [-0.05, 0) is 43.4 Å². The molecule has 0 bridgehead atoms. The lowest BCUT2D eigenvalue weighted by Crippen LogP contribution is -2.27. The number of fused-ring (bicyclic) bond motifs is 1. The number of hydrogen-bond donors (Lipinski definition) is 1. The van der Waals surface area contributed by atoms with E-state index in [2.05, 4.69) is 9.97 Å². The van der Waals surface area contributed by atoms with E-state index in [0.29, 0.717) is 34.6 Å². The van der Waals surface area contributed by atoms with Crippen LogP contribution in [0.3, 0.4) is 0 Å². The number of carboxylic acid groups (broad SMARTS) is 1. The van der Waals surface area contributed by atoms with Gasteiger partial charge in [0.15, 0.2) is 5.69 Å². The molecule has 1 amide bonds. The van der Waals surface area contributed by atoms with Crippen LogP contribution in [-0.2, 0) is 6.54 Å². The van der Waals surface area contributed by atoms with Crippen molar-refractivity contribution in [2.75, 3.05) is 6.61 Å². The summed E-state index contributed by atoms with van der Waals surface area (Å²) in [5, 5.41) is 9.70. The zero-order valence-corrected chi connectivity index (χ0v) is 15.4. The van der Waals surface area contributed by atoms with Crippen molar-refractivity contribution in [1.82, 2.24) is 14.9 Å². The van der Waals surface area contributed by atoms with Crippen molar-refractivity contribution in [2.24, 2.45) is 5.92 Å². The fourth-order valence-corrected chi connectivity index (χ4v) is 3.41. The first-order valence-electron chi connectivity index (χ1n) is 8.76. The Morgan fingerprint density at radius 3 is 2.89 bits per heavy atom. The molecular formula is C19H18ClN3O4. The van der Waals surface area contributed by atoms with Gasteiger partial charge in [-0.15, -0.1) is 0 Å². The molecule has 27 heavy (non-hydrogen) atoms. The largest absolute Gasteiger partial charge is 0.477 e. The summed E-state index contributed by atoms with van der Waals surface area (Å²) in [6, 6.07) is 2.97. The molecule has 4 rings (SSSR count). The van der Waals surface area contributed by atoms with Crippen molar-refractivity contribution in [1.29, 1.82) is 0 Å². The first-order valence-corrected chi connectivity index (χ1v) is 9.14. The summed E-state index contributed by atoms with van der Waals surface area (Å²) in [7, 11) is 0. The molecule has 1 N–H and O–H groups in total. The Morgan fingerprint density at radius 1 is 1.44 bits per heavy atom. The molecule has 7 nitrogen and oxygen atoms in total. The SMILES string of the molecule is CC(c1cnc(OCC2CC2)c(Cl)c1)N1Cc2c(ccnc2C(=O)O)C1=O. The van der Waals surface area contributed by atoms with E-state index >= 15 is 0 Å². The Hall–Kier alpha value is -2.67. The molecule has 0 radical (unpaired) electrons. The van der Waals surface area contributed by atoms with E-state index in [0.717, 1.165) is 5.56 Å². The van der Waals surface area contributed by atoms with Gasteiger partial charge in [0.25, 0.3) is 5.91 Å². The van der Waals surface area contributed by atoms with Gasteiger partial charge in [-0.3, -0.25) is 4.79 Å². The lowest BCUT2D eigenvalue weighted by atomic mass is 10.1. The van der Waals surface area contributed by atoms with Gasteiger partial charge in [-0.25, -0.2) is 14.8 Å². The highest BCUT2D eigenvalue weighted by Gasteiger charge is 2.35. The van der Waals surface area contributed by atoms with Crippen molar-refractivity contribution in [2.45, 2.75) is 32.4 Å². The number of aromatic carboxylic acids is 1. The lowest BCUT2D eigenvalue weighted by molar-refractivity contribution is 0.0678. The second-order valence-corrected chi connectivity index (χ2v) is 7.32. The molecular weight excluding hydrogens is 370 g/mol. The second-order valence-electron chi connectivity index (χ2n) is 6.91. The molecule has 0 spiro atoms. The number of nitrogens with zero attached hydrogens (tertiary/aromatic N) is 3. The fourth-order valence-electron chi connectivity index (χ4n) is 3.18. The van der Waals surface area contributed by atoms with Crippen LogP contribution >= 0.6 is 11.6 Å². The molecule has 1 saturated carbocycles. The van der Waals surface area contributed by atoms with Crippen LogP contribution in [0.2, 0.25) is 5.02 Å². The van der Waals surface area contributed by atoms with Crippen LogP contribution in [0.15, 0.2) is 24.5 Å². The van der Waals surface area contributed by atoms with Crippen LogP contribution in [0.5, 0.6) is 5.88 Å². The summed E-state index contributed by atoms with van der Waals surface area (Å²) in [6.45, 7) is 2.66. The van der Waals surface area contributed by atoms with Crippen LogP contribution in [0, 0.1) is 5.92 Å². The molecule has 1 unspecified atom stereocenters. The third-order valence-corrected chi connectivity index (χ3v) is 5.28. The lowest BCUT2D eigenvalue weighted by Gasteiger charge is -2.24. The number of carbonyl (C=O) groups excluding carboxylic acids is 1. The molecule has 0 saturated heterocycles. The van der Waals surface area contributed by atoms with Crippen molar-refractivity contribution in [3.8, 4) is 5.88 Å². The number of carbonyl (C=O) groups is 2. The van der Waals surface area contributed by atoms with Crippen LogP contribution < -0.4 is 4.74 Å². The van der Waals surface area contributed by atoms with Crippen molar-refractivity contribution >= 4 is 23.5 Å². The van der Waals surface area contributed by atoms with Gasteiger partial charge >= 0.3 is 5.97 Å². The number of pyridine rings is 2. The molecule has 8 heteroatoms. The molecule has 0 aromatic carbocycles. The number of aromatic nitrogens is 2. The minimum atomic E-state index is -1.14. The second kappa shape index (κ2) is 6.81. The maximum absolute atomic E-state index is 12.7. The van der Waals surface area contributed by atoms with Gasteiger partial charge < -0.3 is 14.7 Å². The summed E-state index contributed by atoms with van der Waals surface area (Å²) >= 11 is 6.30. The molecule has 3 heterocycles. The van der Waals surface area contributed by atoms with Gasteiger partial charge in [-0.2, -0.15) is 0 Å². The van der Waals surface area contributed by atoms with E-state index in [9.17, 15) is 14.7 Å². The highest BCUT2D eigenvalue weighted by atomic mass is 35.5. The monoisotopic (exact) mass is 387 g/mol. The van der Waals surface area contributed by atoms with Gasteiger partial charge in [0.05, 0.1) is 12.6 Å². The highest BCUT2D eigenvalue weighted by Crippen LogP contribution is 2.35. The Balaban J connectivity index is 1.55. The molecule has 2 aromatic rings. The van der Waals surface area contributed by atoms with Gasteiger partial charge in [0, 0.05) is 30.1 Å². The van der Waals surface area contributed by atoms with E-state index in [4.69, 9.17) is 16.3 Å². The first-order chi connectivity index (χ1) is 13.0. The number of carboxylic acids is 1. The maximum atomic E-state index is 12.7. The standard InChI is InChI=1S/C19H18ClN3O4/c1-10(12-6-15(20)17(22-7-12)27-9-11-2-3-11)23-8-14-13(18(23)24)4-5-21-16(14)19(25)26/h4-7,10-11H,2-3,8-9H2,1H3,(H,25,26). The fraction of sp³-hybridized carbons (Fsp3) is 0.368. The minimum absolute atomic E-state index is 0.0875. The Morgan fingerprint density at radius 2 is 2.22 bits per heavy atom. The maximum Gasteiger partial charge on any atom is 0.354 e. The molecule has 1 atom stereocenters. The Labute approximate surface area is 160 Å².